The van der Waals surface area contributed by atoms with Crippen LogP contribution in [0.15, 0.2) is 24.8 Å². The van der Waals surface area contributed by atoms with E-state index in [4.69, 9.17) is 11.0 Å². The van der Waals surface area contributed by atoms with Crippen molar-refractivity contribution >= 4 is 17.5 Å². The van der Waals surface area contributed by atoms with Gasteiger partial charge in [0.1, 0.15) is 29.9 Å². The summed E-state index contributed by atoms with van der Waals surface area (Å²) in [5.41, 5.74) is 6.01. The summed E-state index contributed by atoms with van der Waals surface area (Å²) in [7, 11) is 0. The van der Waals surface area contributed by atoms with Gasteiger partial charge in [-0.15, -0.1) is 0 Å². The van der Waals surface area contributed by atoms with Gasteiger partial charge in [-0.3, -0.25) is 0 Å². The van der Waals surface area contributed by atoms with Gasteiger partial charge in [0, 0.05) is 19.2 Å². The van der Waals surface area contributed by atoms with Crippen LogP contribution in [0.25, 0.3) is 0 Å². The second-order valence-corrected chi connectivity index (χ2v) is 5.45. The van der Waals surface area contributed by atoms with Gasteiger partial charge in [-0.2, -0.15) is 5.26 Å². The summed E-state index contributed by atoms with van der Waals surface area (Å²) in [5, 5.41) is 11.8. The van der Waals surface area contributed by atoms with Crippen LogP contribution in [0.3, 0.4) is 0 Å². The Bertz CT molecular complexity index is 685. The molecule has 3 N–H and O–H groups in total. The van der Waals surface area contributed by atoms with Gasteiger partial charge in [-0.1, -0.05) is 0 Å². The van der Waals surface area contributed by atoms with Crippen LogP contribution in [-0.2, 0) is 0 Å². The maximum absolute atomic E-state index is 8.73. The molecule has 1 aliphatic heterocycles. The molecule has 118 valence electrons. The first kappa shape index (κ1) is 15.1. The van der Waals surface area contributed by atoms with E-state index in [1.807, 2.05) is 12.1 Å². The molecule has 3 heterocycles. The normalized spacial score (nSPS) is 15.2. The Kier molecular flexibility index (Phi) is 4.59. The number of hydrogen-bond donors (Lipinski definition) is 2. The average Bonchev–Trinajstić information content (AvgIpc) is 2.63. The molecule has 0 spiro atoms. The van der Waals surface area contributed by atoms with E-state index in [-0.39, 0.29) is 5.69 Å². The fraction of sp³-hybridized carbons (Fsp3) is 0.400. The fourth-order valence-electron chi connectivity index (χ4n) is 2.57. The number of rotatable bonds is 4. The van der Waals surface area contributed by atoms with Crippen molar-refractivity contribution in [2.75, 3.05) is 29.9 Å². The molecule has 2 aromatic heterocycles. The minimum absolute atomic E-state index is 0.279. The van der Waals surface area contributed by atoms with Gasteiger partial charge in [0.2, 0.25) is 0 Å². The molecule has 0 atom stereocenters. The molecule has 2 aromatic rings. The number of nitrogens with zero attached hydrogens (tertiary/aromatic N) is 6. The molecule has 0 amide bonds. The maximum atomic E-state index is 8.73. The van der Waals surface area contributed by atoms with Crippen molar-refractivity contribution in [3.8, 4) is 6.07 Å². The van der Waals surface area contributed by atoms with Gasteiger partial charge < -0.3 is 16.0 Å². The maximum Gasteiger partial charge on any atom is 0.158 e. The Morgan fingerprint density at radius 3 is 2.65 bits per heavy atom. The molecular weight excluding hydrogens is 292 g/mol. The first-order valence-corrected chi connectivity index (χ1v) is 7.54. The molecule has 0 unspecified atom stereocenters. The van der Waals surface area contributed by atoms with Crippen molar-refractivity contribution in [2.45, 2.75) is 12.8 Å². The van der Waals surface area contributed by atoms with Crippen LogP contribution in [0.2, 0.25) is 0 Å². The lowest BCUT2D eigenvalue weighted by atomic mass is 9.97. The summed E-state index contributed by atoms with van der Waals surface area (Å²) in [4.78, 5) is 18.9. The standard InChI is InChI=1S/C15H18N8/c16-6-11-1-3-23(4-2-11)15-5-13(20-10-21-15)22-14-9-18-12(7-17)8-19-14/h5,8-11H,1-4,6,16H2,(H,19,20,21,22). The third-order valence-corrected chi connectivity index (χ3v) is 3.95. The lowest BCUT2D eigenvalue weighted by Gasteiger charge is -2.32. The van der Waals surface area contributed by atoms with Crippen molar-refractivity contribution in [2.24, 2.45) is 11.7 Å². The van der Waals surface area contributed by atoms with Gasteiger partial charge in [0.05, 0.1) is 12.4 Å². The minimum atomic E-state index is 0.279. The smallest absolute Gasteiger partial charge is 0.158 e. The van der Waals surface area contributed by atoms with E-state index in [0.29, 0.717) is 17.6 Å². The number of nitriles is 1. The fourth-order valence-corrected chi connectivity index (χ4v) is 2.57. The van der Waals surface area contributed by atoms with E-state index in [9.17, 15) is 0 Å². The highest BCUT2D eigenvalue weighted by atomic mass is 15.2. The van der Waals surface area contributed by atoms with E-state index in [1.54, 1.807) is 0 Å². The van der Waals surface area contributed by atoms with E-state index in [2.05, 4.69) is 30.2 Å². The Morgan fingerprint density at radius 2 is 2.00 bits per heavy atom. The average molecular weight is 310 g/mol. The van der Waals surface area contributed by atoms with Gasteiger partial charge in [0.15, 0.2) is 5.69 Å². The molecule has 0 bridgehead atoms. The van der Waals surface area contributed by atoms with Crippen LogP contribution >= 0.6 is 0 Å². The van der Waals surface area contributed by atoms with Crippen molar-refractivity contribution in [3.63, 3.8) is 0 Å². The van der Waals surface area contributed by atoms with Crippen molar-refractivity contribution < 1.29 is 0 Å². The van der Waals surface area contributed by atoms with Gasteiger partial charge in [0.25, 0.3) is 0 Å². The molecule has 1 fully saturated rings. The molecule has 8 heteroatoms. The summed E-state index contributed by atoms with van der Waals surface area (Å²) in [5.74, 6) is 2.68. The molecule has 0 radical (unpaired) electrons. The SMILES string of the molecule is N#Cc1cnc(Nc2cc(N3CCC(CN)CC3)ncn2)cn1. The van der Waals surface area contributed by atoms with Gasteiger partial charge in [-0.05, 0) is 25.3 Å². The topological polar surface area (TPSA) is 117 Å². The number of nitrogens with two attached hydrogens (primary N) is 1. The van der Waals surface area contributed by atoms with Crippen molar-refractivity contribution in [1.82, 2.24) is 19.9 Å². The summed E-state index contributed by atoms with van der Waals surface area (Å²) in [6.07, 6.45) is 6.63. The quantitative estimate of drug-likeness (QED) is 0.861. The minimum Gasteiger partial charge on any atom is -0.356 e. The third kappa shape index (κ3) is 3.70. The van der Waals surface area contributed by atoms with Crippen LogP contribution < -0.4 is 16.0 Å². The lowest BCUT2D eigenvalue weighted by Crippen LogP contribution is -2.36. The highest BCUT2D eigenvalue weighted by Crippen LogP contribution is 2.23. The first-order chi connectivity index (χ1) is 11.3. The van der Waals surface area contributed by atoms with Gasteiger partial charge >= 0.3 is 0 Å². The molecule has 1 aliphatic rings. The zero-order valence-electron chi connectivity index (χ0n) is 12.7. The zero-order chi connectivity index (χ0) is 16.1. The number of piperidine rings is 1. The number of nitrogens with one attached hydrogen (secondary N) is 1. The molecular formula is C15H18N8. The molecule has 1 saturated heterocycles. The molecule has 0 aliphatic carbocycles. The Labute approximate surface area is 134 Å². The lowest BCUT2D eigenvalue weighted by molar-refractivity contribution is 0.413. The largest absolute Gasteiger partial charge is 0.356 e. The predicted molar refractivity (Wildman–Crippen MR) is 86.1 cm³/mol. The molecule has 0 aromatic carbocycles. The summed E-state index contributed by atoms with van der Waals surface area (Å²) < 4.78 is 0. The predicted octanol–water partition coefficient (Wildman–Crippen LogP) is 1.06. The molecule has 0 saturated carbocycles. The second-order valence-electron chi connectivity index (χ2n) is 5.45. The van der Waals surface area contributed by atoms with E-state index in [0.717, 1.165) is 38.3 Å². The van der Waals surface area contributed by atoms with E-state index < -0.39 is 0 Å². The van der Waals surface area contributed by atoms with Crippen molar-refractivity contribution in [1.29, 1.82) is 5.26 Å². The summed E-state index contributed by atoms with van der Waals surface area (Å²) in [6, 6.07) is 3.83. The highest BCUT2D eigenvalue weighted by Gasteiger charge is 2.19. The molecule has 8 nitrogen and oxygen atoms in total. The van der Waals surface area contributed by atoms with Crippen LogP contribution in [0.5, 0.6) is 0 Å². The number of anilines is 3. The van der Waals surface area contributed by atoms with Gasteiger partial charge in [-0.25, -0.2) is 19.9 Å². The summed E-state index contributed by atoms with van der Waals surface area (Å²) >= 11 is 0. The summed E-state index contributed by atoms with van der Waals surface area (Å²) in [6.45, 7) is 2.66. The first-order valence-electron chi connectivity index (χ1n) is 7.54. The van der Waals surface area contributed by atoms with Crippen LogP contribution in [0, 0.1) is 17.2 Å². The number of aromatic nitrogens is 4. The number of hydrogen-bond acceptors (Lipinski definition) is 8. The van der Waals surface area contributed by atoms with Crippen LogP contribution in [0.1, 0.15) is 18.5 Å². The Balaban J connectivity index is 1.68. The highest BCUT2D eigenvalue weighted by molar-refractivity contribution is 5.55. The van der Waals surface area contributed by atoms with Crippen molar-refractivity contribution in [3.05, 3.63) is 30.5 Å². The monoisotopic (exact) mass is 310 g/mol. The zero-order valence-corrected chi connectivity index (χ0v) is 12.7. The Morgan fingerprint density at radius 1 is 1.17 bits per heavy atom. The molecule has 3 rings (SSSR count). The van der Waals surface area contributed by atoms with E-state index >= 15 is 0 Å². The van der Waals surface area contributed by atoms with Crippen LogP contribution in [-0.4, -0.2) is 39.6 Å². The van der Waals surface area contributed by atoms with Crippen LogP contribution in [0.4, 0.5) is 17.5 Å². The Hall–Kier alpha value is -2.79. The second kappa shape index (κ2) is 6.98. The molecule has 23 heavy (non-hydrogen) atoms. The third-order valence-electron chi connectivity index (χ3n) is 3.95. The van der Waals surface area contributed by atoms with E-state index in [1.165, 1.54) is 18.7 Å².